The molecule has 0 radical (unpaired) electrons. The highest BCUT2D eigenvalue weighted by atomic mass is 16.5. The van der Waals surface area contributed by atoms with Crippen LogP contribution in [0.25, 0.3) is 0 Å². The van der Waals surface area contributed by atoms with Crippen LogP contribution in [0.1, 0.15) is 99.8 Å². The summed E-state index contributed by atoms with van der Waals surface area (Å²) in [6, 6.07) is 2.18. The fourth-order valence-corrected chi connectivity index (χ4v) is 10.4. The summed E-state index contributed by atoms with van der Waals surface area (Å²) >= 11 is 0. The van der Waals surface area contributed by atoms with E-state index in [1.165, 1.54) is 7.11 Å². The Kier molecular flexibility index (Phi) is 5.90. The lowest BCUT2D eigenvalue weighted by Crippen LogP contribution is -2.66. The van der Waals surface area contributed by atoms with Crippen molar-refractivity contribution < 1.29 is 23.9 Å². The largest absolute Gasteiger partial charge is 0.469 e. The summed E-state index contributed by atoms with van der Waals surface area (Å²) in [5, 5.41) is 9.91. The molecule has 4 aliphatic carbocycles. The van der Waals surface area contributed by atoms with Gasteiger partial charge in [0.2, 0.25) is 0 Å². The van der Waals surface area contributed by atoms with Crippen molar-refractivity contribution in [1.29, 1.82) is 5.26 Å². The van der Waals surface area contributed by atoms with Gasteiger partial charge in [-0.05, 0) is 73.0 Å². The SMILES string of the molecule is COC(=O)[C@]12CCC(C)(C)CC1C1OC(=O)C[C@@H]3[C@@]4(C)C=C(C#N)C(=O)C(C)(C)[C@@H]4CC[C@@]3(C)[C@]1(C)CC2. The van der Waals surface area contributed by atoms with Gasteiger partial charge in [0, 0.05) is 23.2 Å². The van der Waals surface area contributed by atoms with Gasteiger partial charge in [0.25, 0.3) is 0 Å². The summed E-state index contributed by atoms with van der Waals surface area (Å²) in [6.07, 6.45) is 7.56. The number of allylic oxidation sites excluding steroid dienone is 2. The van der Waals surface area contributed by atoms with E-state index in [0.29, 0.717) is 0 Å². The molecule has 8 atom stereocenters. The number of hydrogen-bond donors (Lipinski definition) is 0. The molecule has 0 aromatic heterocycles. The molecule has 208 valence electrons. The first-order chi connectivity index (χ1) is 17.5. The maximum absolute atomic E-state index is 13.8. The molecular weight excluding hydrogens is 478 g/mol. The van der Waals surface area contributed by atoms with Crippen LogP contribution in [-0.2, 0) is 23.9 Å². The minimum atomic E-state index is -0.674. The first-order valence-electron chi connectivity index (χ1n) is 14.5. The van der Waals surface area contributed by atoms with Gasteiger partial charge in [-0.1, -0.05) is 54.5 Å². The molecule has 6 heteroatoms. The third-order valence-electron chi connectivity index (χ3n) is 12.8. The summed E-state index contributed by atoms with van der Waals surface area (Å²) in [6.45, 7) is 15.3. The molecule has 6 nitrogen and oxygen atoms in total. The second-order valence-corrected chi connectivity index (χ2v) is 15.3. The molecule has 2 unspecified atom stereocenters. The highest BCUT2D eigenvalue weighted by Crippen LogP contribution is 2.73. The number of carbonyl (C=O) groups is 3. The van der Waals surface area contributed by atoms with E-state index >= 15 is 0 Å². The van der Waals surface area contributed by atoms with Crippen LogP contribution in [0.15, 0.2) is 11.6 Å². The highest BCUT2D eigenvalue weighted by Gasteiger charge is 2.72. The number of carbonyl (C=O) groups excluding carboxylic acids is 3. The van der Waals surface area contributed by atoms with Crippen LogP contribution in [0.5, 0.6) is 0 Å². The first kappa shape index (κ1) is 27.4. The average molecular weight is 524 g/mol. The Morgan fingerprint density at radius 2 is 1.63 bits per heavy atom. The summed E-state index contributed by atoms with van der Waals surface area (Å²) < 4.78 is 11.9. The van der Waals surface area contributed by atoms with E-state index in [1.807, 2.05) is 19.9 Å². The third-order valence-corrected chi connectivity index (χ3v) is 12.8. The predicted molar refractivity (Wildman–Crippen MR) is 142 cm³/mol. The fraction of sp³-hybridized carbons (Fsp3) is 0.812. The third kappa shape index (κ3) is 3.32. The molecular formula is C32H45NO5. The number of methoxy groups -OCH3 is 1. The standard InChI is InChI=1S/C32H45NO5/c1-27(2)11-13-32(26(36)37-8)14-12-31(7)25(20(32)17-27)38-23(34)15-22-29(5)16-19(18-33)24(35)28(3,4)21(29)9-10-30(22,31)6/h16,20-22,25H,9-15,17H2,1-8H3/t20?,21-,22+,25?,29-,30+,31+,32-/m0/s1. The van der Waals surface area contributed by atoms with Gasteiger partial charge in [0.1, 0.15) is 12.2 Å². The second kappa shape index (κ2) is 8.18. The number of rotatable bonds is 1. The van der Waals surface area contributed by atoms with E-state index in [-0.39, 0.29) is 69.8 Å². The fourth-order valence-electron chi connectivity index (χ4n) is 10.4. The van der Waals surface area contributed by atoms with Crippen molar-refractivity contribution in [2.24, 2.45) is 50.2 Å². The number of nitrogens with zero attached hydrogens (tertiary/aromatic N) is 1. The van der Waals surface area contributed by atoms with Crippen LogP contribution in [0.3, 0.4) is 0 Å². The van der Waals surface area contributed by atoms with E-state index in [4.69, 9.17) is 9.47 Å². The maximum atomic E-state index is 13.8. The molecule has 0 N–H and O–H groups in total. The smallest absolute Gasteiger partial charge is 0.312 e. The maximum Gasteiger partial charge on any atom is 0.312 e. The second-order valence-electron chi connectivity index (χ2n) is 15.3. The Hall–Kier alpha value is -2.16. The van der Waals surface area contributed by atoms with Crippen molar-refractivity contribution in [3.63, 3.8) is 0 Å². The number of nitriles is 1. The minimum absolute atomic E-state index is 0.0389. The minimum Gasteiger partial charge on any atom is -0.469 e. The van der Waals surface area contributed by atoms with E-state index in [9.17, 15) is 19.6 Å². The van der Waals surface area contributed by atoms with Gasteiger partial charge in [-0.25, -0.2) is 0 Å². The summed E-state index contributed by atoms with van der Waals surface area (Å²) in [5.41, 5.74) is -2.15. The molecule has 0 spiro atoms. The van der Waals surface area contributed by atoms with Crippen molar-refractivity contribution >= 4 is 17.7 Å². The summed E-state index contributed by atoms with van der Waals surface area (Å²) in [5.74, 6) is -0.603. The Morgan fingerprint density at radius 1 is 0.974 bits per heavy atom. The molecule has 1 saturated heterocycles. The van der Waals surface area contributed by atoms with Crippen LogP contribution >= 0.6 is 0 Å². The van der Waals surface area contributed by atoms with Crippen molar-refractivity contribution in [2.75, 3.05) is 7.11 Å². The number of ether oxygens (including phenoxy) is 2. The van der Waals surface area contributed by atoms with Gasteiger partial charge >= 0.3 is 11.9 Å². The lowest BCUT2D eigenvalue weighted by molar-refractivity contribution is -0.224. The van der Waals surface area contributed by atoms with Gasteiger partial charge in [-0.3, -0.25) is 14.4 Å². The Morgan fingerprint density at radius 3 is 2.26 bits per heavy atom. The van der Waals surface area contributed by atoms with Gasteiger partial charge < -0.3 is 9.47 Å². The number of hydrogen-bond acceptors (Lipinski definition) is 6. The van der Waals surface area contributed by atoms with E-state index in [0.717, 1.165) is 44.9 Å². The molecule has 0 aromatic rings. The van der Waals surface area contributed by atoms with Crippen LogP contribution in [0.2, 0.25) is 0 Å². The molecule has 5 aliphatic rings. The van der Waals surface area contributed by atoms with Crippen molar-refractivity contribution in [1.82, 2.24) is 0 Å². The van der Waals surface area contributed by atoms with Crippen LogP contribution < -0.4 is 0 Å². The monoisotopic (exact) mass is 523 g/mol. The Bertz CT molecular complexity index is 1160. The molecule has 3 saturated carbocycles. The summed E-state index contributed by atoms with van der Waals surface area (Å²) in [4.78, 5) is 40.4. The van der Waals surface area contributed by atoms with E-state index < -0.39 is 16.2 Å². The number of Topliss-reactive ketones (excluding diaryl/α,β-unsaturated/α-hetero) is 1. The molecule has 0 amide bonds. The average Bonchev–Trinajstić information content (AvgIpc) is 2.93. The molecule has 5 rings (SSSR count). The quantitative estimate of drug-likeness (QED) is 0.381. The Labute approximate surface area is 227 Å². The van der Waals surface area contributed by atoms with E-state index in [1.54, 1.807) is 0 Å². The molecule has 4 fully saturated rings. The zero-order chi connectivity index (χ0) is 28.1. The van der Waals surface area contributed by atoms with Gasteiger partial charge in [-0.2, -0.15) is 5.26 Å². The Balaban J connectivity index is 1.67. The van der Waals surface area contributed by atoms with Crippen molar-refractivity contribution in [3.8, 4) is 6.07 Å². The molecule has 38 heavy (non-hydrogen) atoms. The number of ketones is 1. The normalized spacial score (nSPS) is 47.0. The predicted octanol–water partition coefficient (Wildman–Crippen LogP) is 6.19. The van der Waals surface area contributed by atoms with Gasteiger partial charge in [0.15, 0.2) is 5.78 Å². The van der Waals surface area contributed by atoms with Crippen LogP contribution in [0, 0.1) is 61.6 Å². The van der Waals surface area contributed by atoms with Crippen LogP contribution in [0.4, 0.5) is 0 Å². The first-order valence-corrected chi connectivity index (χ1v) is 14.5. The molecule has 1 aliphatic heterocycles. The molecule has 0 aromatic carbocycles. The lowest BCUT2D eigenvalue weighted by Gasteiger charge is -2.67. The molecule has 1 heterocycles. The topological polar surface area (TPSA) is 93.5 Å². The van der Waals surface area contributed by atoms with Gasteiger partial charge in [0.05, 0.1) is 18.1 Å². The van der Waals surface area contributed by atoms with Crippen LogP contribution in [-0.4, -0.2) is 30.9 Å². The lowest BCUT2D eigenvalue weighted by atomic mass is 9.36. The number of fused-ring (bicyclic) bond motifs is 7. The highest BCUT2D eigenvalue weighted by molar-refractivity contribution is 6.04. The molecule has 0 bridgehead atoms. The zero-order valence-corrected chi connectivity index (χ0v) is 24.5. The van der Waals surface area contributed by atoms with E-state index in [2.05, 4.69) is 40.7 Å². The van der Waals surface area contributed by atoms with Crippen molar-refractivity contribution in [3.05, 3.63) is 11.6 Å². The van der Waals surface area contributed by atoms with Gasteiger partial charge in [-0.15, -0.1) is 0 Å². The van der Waals surface area contributed by atoms with Crippen molar-refractivity contribution in [2.45, 2.75) is 106 Å². The number of esters is 2. The zero-order valence-electron chi connectivity index (χ0n) is 24.5. The summed E-state index contributed by atoms with van der Waals surface area (Å²) in [7, 11) is 1.48.